The standard InChI is InChI=1S/C23H25BrF2N2O2S2/c1-31-27-23(29)18-11-17(15-2-3-15)22(12-20(18)25)30-13-14-6-8-28(9-7-14)32-16-4-5-19(24)21(26)10-16/h4-5,10-12,14-15H,2-3,6-9,13H2,1H3,(H,27,29). The lowest BCUT2D eigenvalue weighted by molar-refractivity contribution is 0.0980. The summed E-state index contributed by atoms with van der Waals surface area (Å²) in [7, 11) is 0. The molecule has 2 aromatic carbocycles. The normalized spacial score (nSPS) is 17.4. The zero-order chi connectivity index (χ0) is 22.7. The fourth-order valence-electron chi connectivity index (χ4n) is 3.79. The Morgan fingerprint density at radius 1 is 1.16 bits per heavy atom. The summed E-state index contributed by atoms with van der Waals surface area (Å²) in [5.41, 5.74) is 1.01. The molecule has 1 heterocycles. The summed E-state index contributed by atoms with van der Waals surface area (Å²) >= 11 is 5.91. The third kappa shape index (κ3) is 5.98. The highest BCUT2D eigenvalue weighted by molar-refractivity contribution is 9.10. The molecule has 1 aliphatic carbocycles. The van der Waals surface area contributed by atoms with E-state index in [1.165, 1.54) is 6.07 Å². The molecule has 2 aliphatic rings. The van der Waals surface area contributed by atoms with E-state index in [1.807, 2.05) is 6.07 Å². The fraction of sp³-hybridized carbons (Fsp3) is 0.435. The number of piperidine rings is 1. The molecule has 0 spiro atoms. The number of carbonyl (C=O) groups is 1. The summed E-state index contributed by atoms with van der Waals surface area (Å²) < 4.78 is 39.7. The molecule has 1 saturated heterocycles. The van der Waals surface area contributed by atoms with Crippen molar-refractivity contribution in [3.8, 4) is 5.75 Å². The Hall–Kier alpha value is -1.29. The maximum atomic E-state index is 14.6. The lowest BCUT2D eigenvalue weighted by Crippen LogP contribution is -2.31. The smallest absolute Gasteiger partial charge is 0.264 e. The van der Waals surface area contributed by atoms with Gasteiger partial charge in [-0.3, -0.25) is 9.52 Å². The van der Waals surface area contributed by atoms with E-state index in [2.05, 4.69) is 25.0 Å². The highest BCUT2D eigenvalue weighted by atomic mass is 79.9. The number of rotatable bonds is 8. The van der Waals surface area contributed by atoms with Gasteiger partial charge in [-0.15, -0.1) is 0 Å². The van der Waals surface area contributed by atoms with Crippen LogP contribution in [0.2, 0.25) is 0 Å². The molecular weight excluding hydrogens is 518 g/mol. The zero-order valence-corrected chi connectivity index (χ0v) is 20.9. The van der Waals surface area contributed by atoms with Gasteiger partial charge in [-0.2, -0.15) is 0 Å². The molecule has 4 nitrogen and oxygen atoms in total. The average molecular weight is 543 g/mol. The highest BCUT2D eigenvalue weighted by Gasteiger charge is 2.30. The summed E-state index contributed by atoms with van der Waals surface area (Å²) in [5, 5.41) is 0. The van der Waals surface area contributed by atoms with E-state index in [0.29, 0.717) is 28.7 Å². The zero-order valence-electron chi connectivity index (χ0n) is 17.7. The van der Waals surface area contributed by atoms with Crippen molar-refractivity contribution >= 4 is 45.7 Å². The first-order chi connectivity index (χ1) is 15.4. The molecular formula is C23H25BrF2N2O2S2. The van der Waals surface area contributed by atoms with E-state index >= 15 is 0 Å². The molecule has 0 unspecified atom stereocenters. The molecule has 0 radical (unpaired) electrons. The van der Waals surface area contributed by atoms with E-state index in [4.69, 9.17) is 4.74 Å². The quantitative estimate of drug-likeness (QED) is 0.390. The fourth-order valence-corrected chi connectivity index (χ4v) is 5.31. The van der Waals surface area contributed by atoms with E-state index in [9.17, 15) is 13.6 Å². The Kier molecular flexibility index (Phi) is 8.02. The second-order valence-corrected chi connectivity index (χ2v) is 10.8. The van der Waals surface area contributed by atoms with Crippen molar-refractivity contribution in [3.05, 3.63) is 57.6 Å². The van der Waals surface area contributed by atoms with Crippen molar-refractivity contribution in [1.82, 2.24) is 9.03 Å². The third-order valence-corrected chi connectivity index (χ3v) is 7.85. The van der Waals surface area contributed by atoms with Crippen LogP contribution in [0.1, 0.15) is 47.5 Å². The molecule has 4 rings (SSSR count). The van der Waals surface area contributed by atoms with E-state index < -0.39 is 11.7 Å². The maximum Gasteiger partial charge on any atom is 0.264 e. The van der Waals surface area contributed by atoms with Crippen LogP contribution in [0.4, 0.5) is 8.78 Å². The number of hydrogen-bond acceptors (Lipinski definition) is 5. The molecule has 0 aromatic heterocycles. The van der Waals surface area contributed by atoms with Gasteiger partial charge >= 0.3 is 0 Å². The Balaban J connectivity index is 1.33. The van der Waals surface area contributed by atoms with Crippen molar-refractivity contribution in [2.75, 3.05) is 26.0 Å². The molecule has 1 N–H and O–H groups in total. The van der Waals surface area contributed by atoms with Crippen LogP contribution >= 0.6 is 39.8 Å². The number of hydrogen-bond donors (Lipinski definition) is 1. The van der Waals surface area contributed by atoms with Crippen molar-refractivity contribution in [2.24, 2.45) is 5.92 Å². The minimum Gasteiger partial charge on any atom is -0.493 e. The van der Waals surface area contributed by atoms with Crippen LogP contribution in [0.15, 0.2) is 39.7 Å². The monoisotopic (exact) mass is 542 g/mol. The number of nitrogens with zero attached hydrogens (tertiary/aromatic N) is 1. The van der Waals surface area contributed by atoms with Crippen LogP contribution in [-0.2, 0) is 0 Å². The average Bonchev–Trinajstić information content (AvgIpc) is 3.61. The predicted molar refractivity (Wildman–Crippen MR) is 129 cm³/mol. The molecule has 32 heavy (non-hydrogen) atoms. The molecule has 2 aromatic rings. The molecule has 0 bridgehead atoms. The Morgan fingerprint density at radius 2 is 1.91 bits per heavy atom. The minimum atomic E-state index is -0.552. The second-order valence-electron chi connectivity index (χ2n) is 8.13. The van der Waals surface area contributed by atoms with Gasteiger partial charge in [-0.25, -0.2) is 13.1 Å². The van der Waals surface area contributed by atoms with Crippen LogP contribution in [0.3, 0.4) is 0 Å². The van der Waals surface area contributed by atoms with Gasteiger partial charge in [-0.05, 0) is 95.2 Å². The number of halogens is 3. The Morgan fingerprint density at radius 3 is 2.56 bits per heavy atom. The molecule has 172 valence electrons. The summed E-state index contributed by atoms with van der Waals surface area (Å²) in [5.74, 6) is 0.0590. The highest BCUT2D eigenvalue weighted by Crippen LogP contribution is 2.45. The summed E-state index contributed by atoms with van der Waals surface area (Å²) in [6, 6.07) is 8.20. The number of benzene rings is 2. The van der Waals surface area contributed by atoms with E-state index in [1.54, 1.807) is 36.4 Å². The SMILES string of the molecule is CSNC(=O)c1cc(C2CC2)c(OCC2CCN(Sc3ccc(Br)c(F)c3)CC2)cc1F. The third-order valence-electron chi connectivity index (χ3n) is 5.73. The lowest BCUT2D eigenvalue weighted by Gasteiger charge is -2.31. The molecule has 1 saturated carbocycles. The van der Waals surface area contributed by atoms with Gasteiger partial charge in [0.05, 0.1) is 16.6 Å². The van der Waals surface area contributed by atoms with Crippen LogP contribution in [0, 0.1) is 17.6 Å². The van der Waals surface area contributed by atoms with Crippen LogP contribution in [0.25, 0.3) is 0 Å². The maximum absolute atomic E-state index is 14.6. The van der Waals surface area contributed by atoms with E-state index in [-0.39, 0.29) is 11.4 Å². The minimum absolute atomic E-state index is 0.0725. The number of amides is 1. The summed E-state index contributed by atoms with van der Waals surface area (Å²) in [6.07, 6.45) is 5.73. The van der Waals surface area contributed by atoms with Crippen molar-refractivity contribution in [3.63, 3.8) is 0 Å². The van der Waals surface area contributed by atoms with Crippen molar-refractivity contribution in [1.29, 1.82) is 0 Å². The predicted octanol–water partition coefficient (Wildman–Crippen LogP) is 6.41. The first kappa shape index (κ1) is 23.9. The second kappa shape index (κ2) is 10.8. The molecule has 1 amide bonds. The molecule has 1 aliphatic heterocycles. The van der Waals surface area contributed by atoms with Gasteiger partial charge in [0.15, 0.2) is 0 Å². The molecule has 9 heteroatoms. The first-order valence-electron chi connectivity index (χ1n) is 10.6. The summed E-state index contributed by atoms with van der Waals surface area (Å²) in [4.78, 5) is 13.0. The summed E-state index contributed by atoms with van der Waals surface area (Å²) in [6.45, 7) is 2.29. The Bertz CT molecular complexity index is 983. The van der Waals surface area contributed by atoms with Gasteiger partial charge in [0, 0.05) is 30.3 Å². The van der Waals surface area contributed by atoms with Gasteiger partial charge in [-0.1, -0.05) is 11.9 Å². The largest absolute Gasteiger partial charge is 0.493 e. The van der Waals surface area contributed by atoms with E-state index in [0.717, 1.165) is 61.2 Å². The number of nitrogens with one attached hydrogen (secondary N) is 1. The molecule has 0 atom stereocenters. The van der Waals surface area contributed by atoms with Crippen molar-refractivity contribution in [2.45, 2.75) is 36.5 Å². The van der Waals surface area contributed by atoms with Crippen molar-refractivity contribution < 1.29 is 18.3 Å². The van der Waals surface area contributed by atoms with Gasteiger partial charge in [0.2, 0.25) is 0 Å². The van der Waals surface area contributed by atoms with Crippen LogP contribution in [-0.4, -0.2) is 36.2 Å². The Labute approximate surface area is 204 Å². The van der Waals surface area contributed by atoms with Gasteiger partial charge < -0.3 is 4.74 Å². The number of carbonyl (C=O) groups excluding carboxylic acids is 1. The van der Waals surface area contributed by atoms with Gasteiger partial charge in [0.25, 0.3) is 5.91 Å². The number of ether oxygens (including phenoxy) is 1. The molecule has 2 fully saturated rings. The van der Waals surface area contributed by atoms with Gasteiger partial charge in [0.1, 0.15) is 17.4 Å². The first-order valence-corrected chi connectivity index (χ1v) is 13.4. The van der Waals surface area contributed by atoms with Crippen LogP contribution < -0.4 is 9.46 Å². The van der Waals surface area contributed by atoms with Crippen LogP contribution in [0.5, 0.6) is 5.75 Å². The lowest BCUT2D eigenvalue weighted by atomic mass is 9.99. The topological polar surface area (TPSA) is 41.6 Å².